The van der Waals surface area contributed by atoms with Crippen molar-refractivity contribution in [3.63, 3.8) is 0 Å². The predicted octanol–water partition coefficient (Wildman–Crippen LogP) is 4.53. The van der Waals surface area contributed by atoms with E-state index in [1.165, 1.54) is 16.5 Å². The highest BCUT2D eigenvalue weighted by atomic mass is 16.5. The maximum Gasteiger partial charge on any atom is 0.164 e. The Morgan fingerprint density at radius 3 is 2.15 bits per heavy atom. The Balaban J connectivity index is 2.51. The number of hydrogen-bond acceptors (Lipinski definition) is 3. The van der Waals surface area contributed by atoms with Crippen LogP contribution in [0.15, 0.2) is 22.6 Å². The van der Waals surface area contributed by atoms with Crippen LogP contribution in [0.3, 0.4) is 0 Å². The van der Waals surface area contributed by atoms with Gasteiger partial charge in [-0.2, -0.15) is 0 Å². The number of hydrogen-bond donors (Lipinski definition) is 0. The predicted molar refractivity (Wildman–Crippen MR) is 81.0 cm³/mol. The van der Waals surface area contributed by atoms with Crippen molar-refractivity contribution in [2.75, 3.05) is 14.2 Å². The SMILES string of the molecule is COc1cc2oc3c(C)cc(C)c(C)c3c2cc1OC. The fraction of sp³-hybridized carbons (Fsp3) is 0.294. The average molecular weight is 270 g/mol. The van der Waals surface area contributed by atoms with Gasteiger partial charge in [0, 0.05) is 16.8 Å². The molecule has 104 valence electrons. The zero-order valence-electron chi connectivity index (χ0n) is 12.5. The lowest BCUT2D eigenvalue weighted by Gasteiger charge is -2.07. The van der Waals surface area contributed by atoms with E-state index < -0.39 is 0 Å². The summed E-state index contributed by atoms with van der Waals surface area (Å²) in [6, 6.07) is 6.04. The summed E-state index contributed by atoms with van der Waals surface area (Å²) < 4.78 is 16.8. The van der Waals surface area contributed by atoms with E-state index in [0.29, 0.717) is 5.75 Å². The summed E-state index contributed by atoms with van der Waals surface area (Å²) in [6.45, 7) is 6.33. The molecule has 0 spiro atoms. The van der Waals surface area contributed by atoms with Crippen LogP contribution in [0.2, 0.25) is 0 Å². The molecular weight excluding hydrogens is 252 g/mol. The smallest absolute Gasteiger partial charge is 0.164 e. The van der Waals surface area contributed by atoms with Crippen LogP contribution in [0.5, 0.6) is 11.5 Å². The number of ether oxygens (including phenoxy) is 2. The molecule has 0 aliphatic heterocycles. The van der Waals surface area contributed by atoms with Crippen molar-refractivity contribution in [3.8, 4) is 11.5 Å². The van der Waals surface area contributed by atoms with Gasteiger partial charge in [-0.3, -0.25) is 0 Å². The van der Waals surface area contributed by atoms with E-state index in [9.17, 15) is 0 Å². The summed E-state index contributed by atoms with van der Waals surface area (Å²) >= 11 is 0. The minimum Gasteiger partial charge on any atom is -0.493 e. The van der Waals surface area contributed by atoms with Crippen LogP contribution in [0, 0.1) is 20.8 Å². The van der Waals surface area contributed by atoms with Gasteiger partial charge in [-0.1, -0.05) is 6.07 Å². The van der Waals surface area contributed by atoms with Crippen molar-refractivity contribution < 1.29 is 13.9 Å². The lowest BCUT2D eigenvalue weighted by molar-refractivity contribution is 0.355. The van der Waals surface area contributed by atoms with Crippen LogP contribution < -0.4 is 9.47 Å². The van der Waals surface area contributed by atoms with Gasteiger partial charge in [0.15, 0.2) is 11.5 Å². The molecule has 0 unspecified atom stereocenters. The number of benzene rings is 2. The van der Waals surface area contributed by atoms with Gasteiger partial charge in [0.2, 0.25) is 0 Å². The van der Waals surface area contributed by atoms with Gasteiger partial charge in [-0.15, -0.1) is 0 Å². The number of furan rings is 1. The van der Waals surface area contributed by atoms with Crippen molar-refractivity contribution in [2.24, 2.45) is 0 Å². The van der Waals surface area contributed by atoms with Gasteiger partial charge in [-0.25, -0.2) is 0 Å². The van der Waals surface area contributed by atoms with E-state index >= 15 is 0 Å². The van der Waals surface area contributed by atoms with Gasteiger partial charge in [0.1, 0.15) is 11.2 Å². The first-order valence-electron chi connectivity index (χ1n) is 6.62. The molecule has 0 amide bonds. The van der Waals surface area contributed by atoms with Crippen molar-refractivity contribution in [1.82, 2.24) is 0 Å². The monoisotopic (exact) mass is 270 g/mol. The number of rotatable bonds is 2. The van der Waals surface area contributed by atoms with E-state index in [2.05, 4.69) is 26.8 Å². The standard InChI is InChI=1S/C17H18O3/c1-9-6-10(2)17-16(11(9)3)12-7-14(18-4)15(19-5)8-13(12)20-17/h6-8H,1-5H3. The summed E-state index contributed by atoms with van der Waals surface area (Å²) in [5, 5.41) is 2.24. The molecule has 0 aliphatic carbocycles. The molecule has 3 rings (SSSR count). The first-order chi connectivity index (χ1) is 9.56. The van der Waals surface area contributed by atoms with E-state index in [1.54, 1.807) is 14.2 Å². The number of aryl methyl sites for hydroxylation is 3. The molecular formula is C17H18O3. The Bertz CT molecular complexity index is 812. The van der Waals surface area contributed by atoms with Crippen molar-refractivity contribution in [1.29, 1.82) is 0 Å². The molecule has 0 atom stereocenters. The van der Waals surface area contributed by atoms with Crippen LogP contribution in [0.4, 0.5) is 0 Å². The zero-order valence-corrected chi connectivity index (χ0v) is 12.5. The fourth-order valence-electron chi connectivity index (χ4n) is 2.77. The van der Waals surface area contributed by atoms with E-state index in [-0.39, 0.29) is 0 Å². The quantitative estimate of drug-likeness (QED) is 0.685. The van der Waals surface area contributed by atoms with Crippen molar-refractivity contribution >= 4 is 21.9 Å². The van der Waals surface area contributed by atoms with Crippen molar-refractivity contribution in [2.45, 2.75) is 20.8 Å². The molecule has 3 heteroatoms. The van der Waals surface area contributed by atoms with Crippen LogP contribution in [-0.4, -0.2) is 14.2 Å². The summed E-state index contributed by atoms with van der Waals surface area (Å²) in [5.41, 5.74) is 5.44. The Labute approximate surface area is 118 Å². The Morgan fingerprint density at radius 2 is 1.50 bits per heavy atom. The van der Waals surface area contributed by atoms with Crippen molar-refractivity contribution in [3.05, 3.63) is 34.9 Å². The van der Waals surface area contributed by atoms with Gasteiger partial charge in [-0.05, 0) is 43.5 Å². The van der Waals surface area contributed by atoms with Gasteiger partial charge in [0.25, 0.3) is 0 Å². The fourth-order valence-corrected chi connectivity index (χ4v) is 2.77. The second-order valence-electron chi connectivity index (χ2n) is 5.14. The Hall–Kier alpha value is -2.16. The molecule has 0 N–H and O–H groups in total. The third-order valence-corrected chi connectivity index (χ3v) is 3.95. The highest BCUT2D eigenvalue weighted by Crippen LogP contribution is 2.40. The summed E-state index contributed by atoms with van der Waals surface area (Å²) in [7, 11) is 3.28. The summed E-state index contributed by atoms with van der Waals surface area (Å²) in [5.74, 6) is 1.41. The zero-order chi connectivity index (χ0) is 14.4. The van der Waals surface area contributed by atoms with Crippen LogP contribution >= 0.6 is 0 Å². The molecule has 0 aliphatic rings. The molecule has 0 bridgehead atoms. The molecule has 0 radical (unpaired) electrons. The Kier molecular flexibility index (Phi) is 2.85. The maximum absolute atomic E-state index is 6.03. The first-order valence-corrected chi connectivity index (χ1v) is 6.62. The lowest BCUT2D eigenvalue weighted by Crippen LogP contribution is -1.90. The molecule has 0 fully saturated rings. The minimum absolute atomic E-state index is 0.686. The minimum atomic E-state index is 0.686. The normalized spacial score (nSPS) is 11.2. The van der Waals surface area contributed by atoms with Gasteiger partial charge >= 0.3 is 0 Å². The second-order valence-corrected chi connectivity index (χ2v) is 5.14. The maximum atomic E-state index is 6.03. The topological polar surface area (TPSA) is 31.6 Å². The van der Waals surface area contributed by atoms with E-state index in [4.69, 9.17) is 13.9 Å². The van der Waals surface area contributed by atoms with Gasteiger partial charge in [0.05, 0.1) is 14.2 Å². The van der Waals surface area contributed by atoms with Crippen LogP contribution in [0.1, 0.15) is 16.7 Å². The third kappa shape index (κ3) is 1.66. The average Bonchev–Trinajstić information content (AvgIpc) is 2.82. The van der Waals surface area contributed by atoms with Crippen LogP contribution in [-0.2, 0) is 0 Å². The Morgan fingerprint density at radius 1 is 0.850 bits per heavy atom. The lowest BCUT2D eigenvalue weighted by atomic mass is 9.99. The molecule has 3 aromatic rings. The summed E-state index contributed by atoms with van der Waals surface area (Å²) in [6.07, 6.45) is 0. The molecule has 0 saturated carbocycles. The number of fused-ring (bicyclic) bond motifs is 3. The molecule has 1 heterocycles. The van der Waals surface area contributed by atoms with Gasteiger partial charge < -0.3 is 13.9 Å². The third-order valence-electron chi connectivity index (χ3n) is 3.95. The van der Waals surface area contributed by atoms with E-state index in [1.807, 2.05) is 12.1 Å². The second kappa shape index (κ2) is 4.44. The summed E-state index contributed by atoms with van der Waals surface area (Å²) in [4.78, 5) is 0. The molecule has 20 heavy (non-hydrogen) atoms. The first kappa shape index (κ1) is 12.9. The van der Waals surface area contributed by atoms with Crippen LogP contribution in [0.25, 0.3) is 21.9 Å². The molecule has 3 nitrogen and oxygen atoms in total. The molecule has 1 aromatic heterocycles. The largest absolute Gasteiger partial charge is 0.493 e. The number of methoxy groups -OCH3 is 2. The van der Waals surface area contributed by atoms with E-state index in [0.717, 1.165) is 27.9 Å². The highest BCUT2D eigenvalue weighted by molar-refractivity contribution is 6.09. The molecule has 0 saturated heterocycles. The molecule has 2 aromatic carbocycles. The highest BCUT2D eigenvalue weighted by Gasteiger charge is 2.16.